The van der Waals surface area contributed by atoms with E-state index in [-0.39, 0.29) is 24.2 Å². The second kappa shape index (κ2) is 8.76. The molecule has 0 spiro atoms. The van der Waals surface area contributed by atoms with Gasteiger partial charge in [-0.1, -0.05) is 36.4 Å². The number of benzene rings is 2. The molecule has 1 atom stereocenters. The Morgan fingerprint density at radius 1 is 1.00 bits per heavy atom. The molecule has 0 fully saturated rings. The van der Waals surface area contributed by atoms with E-state index in [1.807, 2.05) is 36.4 Å². The van der Waals surface area contributed by atoms with Crippen molar-refractivity contribution in [1.29, 1.82) is 0 Å². The first-order valence-electron chi connectivity index (χ1n) is 8.33. The number of ether oxygens (including phenoxy) is 1. The number of halogens is 1. The van der Waals surface area contributed by atoms with Crippen LogP contribution in [0.2, 0.25) is 0 Å². The molecule has 0 aliphatic carbocycles. The third-order valence-electron chi connectivity index (χ3n) is 3.93. The van der Waals surface area contributed by atoms with Gasteiger partial charge >= 0.3 is 0 Å². The largest absolute Gasteiger partial charge is 0.484 e. The van der Waals surface area contributed by atoms with Crippen LogP contribution >= 0.6 is 0 Å². The summed E-state index contributed by atoms with van der Waals surface area (Å²) in [5.41, 5.74) is 1.69. The van der Waals surface area contributed by atoms with Gasteiger partial charge in [0.25, 0.3) is 5.91 Å². The average molecular weight is 350 g/mol. The number of nitrogens with zero attached hydrogens (tertiary/aromatic N) is 1. The molecule has 26 heavy (non-hydrogen) atoms. The van der Waals surface area contributed by atoms with Crippen LogP contribution in [0.15, 0.2) is 79.0 Å². The van der Waals surface area contributed by atoms with E-state index in [4.69, 9.17) is 4.74 Å². The van der Waals surface area contributed by atoms with Gasteiger partial charge in [0.15, 0.2) is 6.61 Å². The molecule has 1 N–H and O–H groups in total. The van der Waals surface area contributed by atoms with Gasteiger partial charge in [-0.2, -0.15) is 0 Å². The molecule has 1 aromatic heterocycles. The highest BCUT2D eigenvalue weighted by Crippen LogP contribution is 2.22. The van der Waals surface area contributed by atoms with Crippen molar-refractivity contribution in [2.75, 3.05) is 13.2 Å². The third-order valence-corrected chi connectivity index (χ3v) is 3.93. The average Bonchev–Trinajstić information content (AvgIpc) is 2.69. The number of pyridine rings is 1. The van der Waals surface area contributed by atoms with Gasteiger partial charge in [-0.25, -0.2) is 4.39 Å². The van der Waals surface area contributed by atoms with Crippen LogP contribution in [0.4, 0.5) is 4.39 Å². The second-order valence-corrected chi connectivity index (χ2v) is 5.76. The lowest BCUT2D eigenvalue weighted by Gasteiger charge is -2.18. The molecule has 0 aliphatic rings. The quantitative estimate of drug-likeness (QED) is 0.709. The zero-order valence-corrected chi connectivity index (χ0v) is 14.1. The van der Waals surface area contributed by atoms with Crippen molar-refractivity contribution in [3.8, 4) is 5.75 Å². The van der Waals surface area contributed by atoms with Crippen LogP contribution in [0, 0.1) is 5.82 Å². The van der Waals surface area contributed by atoms with Crippen LogP contribution in [-0.4, -0.2) is 24.0 Å². The summed E-state index contributed by atoms with van der Waals surface area (Å²) in [4.78, 5) is 16.5. The molecule has 1 heterocycles. The number of rotatable bonds is 7. The van der Waals surface area contributed by atoms with Crippen molar-refractivity contribution in [2.24, 2.45) is 0 Å². The Labute approximate surface area is 151 Å². The maximum absolute atomic E-state index is 13.2. The third kappa shape index (κ3) is 4.89. The van der Waals surface area contributed by atoms with Crippen LogP contribution in [0.5, 0.6) is 5.75 Å². The summed E-state index contributed by atoms with van der Waals surface area (Å²) in [5.74, 6) is -0.0503. The minimum atomic E-state index is -0.297. The first kappa shape index (κ1) is 17.6. The van der Waals surface area contributed by atoms with Gasteiger partial charge in [-0.3, -0.25) is 9.78 Å². The Bertz CT molecular complexity index is 824. The van der Waals surface area contributed by atoms with Crippen molar-refractivity contribution < 1.29 is 13.9 Å². The van der Waals surface area contributed by atoms with Gasteiger partial charge in [0.2, 0.25) is 0 Å². The van der Waals surface area contributed by atoms with E-state index in [1.54, 1.807) is 30.5 Å². The highest BCUT2D eigenvalue weighted by atomic mass is 19.1. The van der Waals surface area contributed by atoms with Gasteiger partial charge in [0.05, 0.1) is 0 Å². The van der Waals surface area contributed by atoms with Gasteiger partial charge < -0.3 is 10.1 Å². The van der Waals surface area contributed by atoms with Crippen LogP contribution in [0.25, 0.3) is 0 Å². The highest BCUT2D eigenvalue weighted by Gasteiger charge is 2.17. The maximum Gasteiger partial charge on any atom is 0.257 e. The fraction of sp³-hybridized carbons (Fsp3) is 0.143. The number of hydrogen-bond acceptors (Lipinski definition) is 3. The Balaban J connectivity index is 1.64. The second-order valence-electron chi connectivity index (χ2n) is 5.76. The molecule has 0 bridgehead atoms. The van der Waals surface area contributed by atoms with Gasteiger partial charge in [0, 0.05) is 24.4 Å². The van der Waals surface area contributed by atoms with Crippen molar-refractivity contribution in [3.05, 3.63) is 96.1 Å². The van der Waals surface area contributed by atoms with E-state index >= 15 is 0 Å². The summed E-state index contributed by atoms with van der Waals surface area (Å²) in [6, 6.07) is 21.0. The van der Waals surface area contributed by atoms with Crippen molar-refractivity contribution in [2.45, 2.75) is 5.92 Å². The Morgan fingerprint density at radius 2 is 1.73 bits per heavy atom. The maximum atomic E-state index is 13.2. The summed E-state index contributed by atoms with van der Waals surface area (Å²) in [6.07, 6.45) is 1.70. The van der Waals surface area contributed by atoms with Crippen LogP contribution in [0.1, 0.15) is 17.2 Å². The first-order valence-corrected chi connectivity index (χ1v) is 8.33. The number of para-hydroxylation sites is 1. The lowest BCUT2D eigenvalue weighted by Crippen LogP contribution is -2.33. The van der Waals surface area contributed by atoms with Gasteiger partial charge in [-0.05, 0) is 42.0 Å². The number of hydrogen-bond donors (Lipinski definition) is 1. The van der Waals surface area contributed by atoms with E-state index in [9.17, 15) is 9.18 Å². The summed E-state index contributed by atoms with van der Waals surface area (Å²) >= 11 is 0. The van der Waals surface area contributed by atoms with Crippen LogP contribution in [-0.2, 0) is 4.79 Å². The zero-order valence-electron chi connectivity index (χ0n) is 14.1. The molecule has 5 heteroatoms. The van der Waals surface area contributed by atoms with E-state index in [0.717, 1.165) is 11.3 Å². The van der Waals surface area contributed by atoms with E-state index < -0.39 is 0 Å². The fourth-order valence-corrected chi connectivity index (χ4v) is 2.60. The molecule has 132 valence electrons. The lowest BCUT2D eigenvalue weighted by molar-refractivity contribution is -0.123. The topological polar surface area (TPSA) is 51.2 Å². The van der Waals surface area contributed by atoms with Crippen LogP contribution < -0.4 is 10.1 Å². The first-order chi connectivity index (χ1) is 12.7. The van der Waals surface area contributed by atoms with E-state index in [1.165, 1.54) is 12.1 Å². The molecule has 2 aromatic carbocycles. The zero-order chi connectivity index (χ0) is 18.2. The standard InChI is InChI=1S/C21H19FN2O2/c22-17-11-9-16(10-12-17)19(20-8-4-5-13-23-20)14-24-21(25)15-26-18-6-2-1-3-7-18/h1-13,19H,14-15H2,(H,24,25). The molecule has 1 amide bonds. The van der Waals surface area contributed by atoms with Crippen molar-refractivity contribution in [3.63, 3.8) is 0 Å². The number of aromatic nitrogens is 1. The summed E-state index contributed by atoms with van der Waals surface area (Å²) in [5, 5.41) is 2.87. The Kier molecular flexibility index (Phi) is 5.93. The summed E-state index contributed by atoms with van der Waals surface area (Å²) in [7, 11) is 0. The smallest absolute Gasteiger partial charge is 0.257 e. The predicted octanol–water partition coefficient (Wildman–Crippen LogP) is 3.55. The molecule has 1 unspecified atom stereocenters. The fourth-order valence-electron chi connectivity index (χ4n) is 2.60. The molecule has 3 rings (SSSR count). The highest BCUT2D eigenvalue weighted by molar-refractivity contribution is 5.77. The van der Waals surface area contributed by atoms with Gasteiger partial charge in [0.1, 0.15) is 11.6 Å². The van der Waals surface area contributed by atoms with E-state index in [2.05, 4.69) is 10.3 Å². The van der Waals surface area contributed by atoms with Crippen molar-refractivity contribution >= 4 is 5.91 Å². The molecule has 0 radical (unpaired) electrons. The minimum Gasteiger partial charge on any atom is -0.484 e. The van der Waals surface area contributed by atoms with Gasteiger partial charge in [-0.15, -0.1) is 0 Å². The SMILES string of the molecule is O=C(COc1ccccc1)NCC(c1ccc(F)cc1)c1ccccn1. The lowest BCUT2D eigenvalue weighted by atomic mass is 9.95. The minimum absolute atomic E-state index is 0.0671. The number of amides is 1. The molecule has 0 saturated carbocycles. The number of carbonyl (C=O) groups excluding carboxylic acids is 1. The van der Waals surface area contributed by atoms with Crippen molar-refractivity contribution in [1.82, 2.24) is 10.3 Å². The Hall–Kier alpha value is -3.21. The predicted molar refractivity (Wildman–Crippen MR) is 97.4 cm³/mol. The Morgan fingerprint density at radius 3 is 2.42 bits per heavy atom. The summed E-state index contributed by atoms with van der Waals surface area (Å²) in [6.45, 7) is 0.280. The molecule has 4 nitrogen and oxygen atoms in total. The van der Waals surface area contributed by atoms with Crippen LogP contribution in [0.3, 0.4) is 0 Å². The monoisotopic (exact) mass is 350 g/mol. The molecule has 0 aliphatic heterocycles. The molecular formula is C21H19FN2O2. The van der Waals surface area contributed by atoms with E-state index in [0.29, 0.717) is 12.3 Å². The normalized spacial score (nSPS) is 11.6. The summed E-state index contributed by atoms with van der Waals surface area (Å²) < 4.78 is 18.7. The molecule has 3 aromatic rings. The molecule has 0 saturated heterocycles. The molecular weight excluding hydrogens is 331 g/mol. The number of carbonyl (C=O) groups is 1. The number of nitrogens with one attached hydrogen (secondary N) is 1.